The van der Waals surface area contributed by atoms with Gasteiger partial charge in [-0.25, -0.2) is 8.42 Å². The highest BCUT2D eigenvalue weighted by Crippen LogP contribution is 2.25. The van der Waals surface area contributed by atoms with Gasteiger partial charge in [0.2, 0.25) is 0 Å². The van der Waals surface area contributed by atoms with E-state index in [4.69, 9.17) is 0 Å². The summed E-state index contributed by atoms with van der Waals surface area (Å²) in [6, 6.07) is 0.285. The van der Waals surface area contributed by atoms with E-state index >= 15 is 0 Å². The van der Waals surface area contributed by atoms with Crippen LogP contribution in [0, 0.1) is 0 Å². The van der Waals surface area contributed by atoms with Crippen LogP contribution in [0.15, 0.2) is 17.3 Å². The van der Waals surface area contributed by atoms with Crippen LogP contribution in [0.3, 0.4) is 0 Å². The molecule has 1 aromatic heterocycles. The van der Waals surface area contributed by atoms with Crippen molar-refractivity contribution in [3.05, 3.63) is 12.3 Å². The van der Waals surface area contributed by atoms with Gasteiger partial charge in [0.15, 0.2) is 5.03 Å². The van der Waals surface area contributed by atoms with E-state index in [1.807, 2.05) is 0 Å². The fraction of sp³-hybridized carbons (Fsp3) is 0.556. The molecule has 2 atom stereocenters. The van der Waals surface area contributed by atoms with Crippen molar-refractivity contribution in [1.82, 2.24) is 14.5 Å². The predicted molar refractivity (Wildman–Crippen MR) is 58.9 cm³/mol. The average molecular weight is 275 g/mol. The number of nitrogens with one attached hydrogen (secondary N) is 1. The van der Waals surface area contributed by atoms with E-state index in [9.17, 15) is 18.3 Å². The summed E-state index contributed by atoms with van der Waals surface area (Å²) in [5.74, 6) is -0.686. The maximum Gasteiger partial charge on any atom is 0.324 e. The topological polar surface area (TPSA) is 113 Å². The Bertz CT molecular complexity index is 526. The number of aromatic amines is 1. The number of sulfonamides is 1. The highest BCUT2D eigenvalue weighted by atomic mass is 32.2. The first-order chi connectivity index (χ1) is 8.46. The molecule has 9 heteroatoms. The number of rotatable bonds is 3. The number of ether oxygens (including phenoxy) is 1. The summed E-state index contributed by atoms with van der Waals surface area (Å²) >= 11 is 0. The van der Waals surface area contributed by atoms with E-state index in [-0.39, 0.29) is 18.0 Å². The van der Waals surface area contributed by atoms with Crippen molar-refractivity contribution >= 4 is 16.0 Å². The number of hydrogen-bond donors (Lipinski definition) is 2. The quantitative estimate of drug-likeness (QED) is 0.663. The van der Waals surface area contributed by atoms with Crippen molar-refractivity contribution in [1.29, 1.82) is 0 Å². The fourth-order valence-electron chi connectivity index (χ4n) is 1.91. The lowest BCUT2D eigenvalue weighted by molar-refractivity contribution is -0.144. The van der Waals surface area contributed by atoms with Gasteiger partial charge in [-0.15, -0.1) is 0 Å². The molecule has 8 nitrogen and oxygen atoms in total. The molecule has 1 saturated heterocycles. The zero-order chi connectivity index (χ0) is 13.3. The van der Waals surface area contributed by atoms with Crippen LogP contribution < -0.4 is 0 Å². The largest absolute Gasteiger partial charge is 0.468 e. The zero-order valence-electron chi connectivity index (χ0n) is 9.61. The van der Waals surface area contributed by atoms with Crippen LogP contribution in [0.5, 0.6) is 0 Å². The fourth-order valence-corrected chi connectivity index (χ4v) is 3.44. The summed E-state index contributed by atoms with van der Waals surface area (Å²) in [6.07, 6.45) is 0.443. The summed E-state index contributed by atoms with van der Waals surface area (Å²) in [7, 11) is -2.70. The lowest BCUT2D eigenvalue weighted by Crippen LogP contribution is -2.41. The Morgan fingerprint density at radius 3 is 2.94 bits per heavy atom. The molecule has 1 fully saturated rings. The predicted octanol–water partition coefficient (Wildman–Crippen LogP) is -1.29. The van der Waals surface area contributed by atoms with Crippen molar-refractivity contribution in [2.45, 2.75) is 23.6 Å². The number of carbonyl (C=O) groups is 1. The SMILES string of the molecule is COC(=O)C1CC(O)CN1S(=O)(=O)c1ccn[nH]1. The summed E-state index contributed by atoms with van der Waals surface area (Å²) in [5, 5.41) is 15.3. The second-order valence-electron chi connectivity index (χ2n) is 3.92. The van der Waals surface area contributed by atoms with Gasteiger partial charge >= 0.3 is 5.97 Å². The van der Waals surface area contributed by atoms with Gasteiger partial charge in [-0.05, 0) is 6.07 Å². The number of hydrogen-bond acceptors (Lipinski definition) is 6. The Balaban J connectivity index is 2.34. The Hall–Kier alpha value is -1.45. The molecular formula is C9H13N3O5S. The van der Waals surface area contributed by atoms with E-state index in [1.165, 1.54) is 19.4 Å². The van der Waals surface area contributed by atoms with E-state index in [0.29, 0.717) is 0 Å². The maximum absolute atomic E-state index is 12.2. The van der Waals surface area contributed by atoms with Crippen molar-refractivity contribution in [3.8, 4) is 0 Å². The first kappa shape index (κ1) is 13.0. The number of carbonyl (C=O) groups excluding carboxylic acids is 1. The molecule has 1 aliphatic heterocycles. The minimum atomic E-state index is -3.88. The maximum atomic E-state index is 12.2. The van der Waals surface area contributed by atoms with Gasteiger partial charge in [0.25, 0.3) is 10.0 Å². The van der Waals surface area contributed by atoms with Gasteiger partial charge in [0, 0.05) is 13.0 Å². The van der Waals surface area contributed by atoms with Crippen molar-refractivity contribution < 1.29 is 23.1 Å². The van der Waals surface area contributed by atoms with Crippen LogP contribution >= 0.6 is 0 Å². The highest BCUT2D eigenvalue weighted by molar-refractivity contribution is 7.89. The third-order valence-electron chi connectivity index (χ3n) is 2.77. The molecule has 0 bridgehead atoms. The zero-order valence-corrected chi connectivity index (χ0v) is 10.4. The summed E-state index contributed by atoms with van der Waals surface area (Å²) in [5.41, 5.74) is 0. The van der Waals surface area contributed by atoms with Gasteiger partial charge in [-0.1, -0.05) is 0 Å². The summed E-state index contributed by atoms with van der Waals surface area (Å²) in [4.78, 5) is 11.5. The molecule has 18 heavy (non-hydrogen) atoms. The number of nitrogens with zero attached hydrogens (tertiary/aromatic N) is 2. The molecule has 2 rings (SSSR count). The van der Waals surface area contributed by atoms with E-state index < -0.39 is 28.1 Å². The molecule has 100 valence electrons. The van der Waals surface area contributed by atoms with E-state index in [2.05, 4.69) is 14.9 Å². The lowest BCUT2D eigenvalue weighted by atomic mass is 10.2. The molecule has 1 aromatic rings. The number of aliphatic hydroxyl groups excluding tert-OH is 1. The minimum Gasteiger partial charge on any atom is -0.468 e. The molecule has 0 saturated carbocycles. The standard InChI is InChI=1S/C9H13N3O5S/c1-17-9(14)7-4-6(13)5-12(7)18(15,16)8-2-3-10-11-8/h2-3,6-7,13H,4-5H2,1H3,(H,10,11). The van der Waals surface area contributed by atoms with Gasteiger partial charge in [-0.2, -0.15) is 9.40 Å². The normalized spacial score (nSPS) is 25.2. The van der Waals surface area contributed by atoms with Gasteiger partial charge in [-0.3, -0.25) is 9.89 Å². The number of H-pyrrole nitrogens is 1. The third kappa shape index (κ3) is 2.11. The van der Waals surface area contributed by atoms with Gasteiger partial charge in [0.1, 0.15) is 6.04 Å². The van der Waals surface area contributed by atoms with E-state index in [0.717, 1.165) is 4.31 Å². The lowest BCUT2D eigenvalue weighted by Gasteiger charge is -2.20. The van der Waals surface area contributed by atoms with Crippen LogP contribution in [-0.4, -0.2) is 59.8 Å². The first-order valence-corrected chi connectivity index (χ1v) is 6.68. The number of aliphatic hydroxyl groups is 1. The monoisotopic (exact) mass is 275 g/mol. The molecular weight excluding hydrogens is 262 g/mol. The van der Waals surface area contributed by atoms with Crippen molar-refractivity contribution in [3.63, 3.8) is 0 Å². The van der Waals surface area contributed by atoms with Crippen LogP contribution in [-0.2, 0) is 19.6 Å². The molecule has 0 aromatic carbocycles. The van der Waals surface area contributed by atoms with Crippen molar-refractivity contribution in [2.24, 2.45) is 0 Å². The highest BCUT2D eigenvalue weighted by Gasteiger charge is 2.44. The molecule has 2 N–H and O–H groups in total. The molecule has 0 radical (unpaired) electrons. The second-order valence-corrected chi connectivity index (χ2v) is 5.78. The number of esters is 1. The smallest absolute Gasteiger partial charge is 0.324 e. The average Bonchev–Trinajstić information content (AvgIpc) is 2.96. The van der Waals surface area contributed by atoms with Crippen LogP contribution in [0.1, 0.15) is 6.42 Å². The molecule has 0 amide bonds. The Kier molecular flexibility index (Phi) is 3.37. The summed E-state index contributed by atoms with van der Waals surface area (Å²) in [6.45, 7) is -0.138. The van der Waals surface area contributed by atoms with Crippen LogP contribution in [0.2, 0.25) is 0 Å². The number of aromatic nitrogens is 2. The molecule has 0 aliphatic carbocycles. The second kappa shape index (κ2) is 4.67. The van der Waals surface area contributed by atoms with Crippen molar-refractivity contribution in [2.75, 3.05) is 13.7 Å². The van der Waals surface area contributed by atoms with Gasteiger partial charge in [0.05, 0.1) is 19.4 Å². The van der Waals surface area contributed by atoms with E-state index in [1.54, 1.807) is 0 Å². The number of β-amino-alcohol motifs (C(OH)–C–C–N with tert-alkyl or cyclic N) is 1. The third-order valence-corrected chi connectivity index (χ3v) is 4.57. The molecule has 2 unspecified atom stereocenters. The molecule has 2 heterocycles. The van der Waals surface area contributed by atoms with Crippen LogP contribution in [0.25, 0.3) is 0 Å². The number of methoxy groups -OCH3 is 1. The summed E-state index contributed by atoms with van der Waals surface area (Å²) < 4.78 is 29.9. The Labute approximate surface area is 104 Å². The molecule has 1 aliphatic rings. The Morgan fingerprint density at radius 2 is 2.39 bits per heavy atom. The van der Waals surface area contributed by atoms with Crippen LogP contribution in [0.4, 0.5) is 0 Å². The molecule has 0 spiro atoms. The minimum absolute atomic E-state index is 0.0278. The first-order valence-electron chi connectivity index (χ1n) is 5.24. The Morgan fingerprint density at radius 1 is 1.67 bits per heavy atom. The van der Waals surface area contributed by atoms with Gasteiger partial charge < -0.3 is 9.84 Å².